The molecule has 3 rings (SSSR count). The van der Waals surface area contributed by atoms with Crippen molar-refractivity contribution in [1.29, 1.82) is 0 Å². The first kappa shape index (κ1) is 20.9. The van der Waals surface area contributed by atoms with Crippen LogP contribution in [0.3, 0.4) is 0 Å². The van der Waals surface area contributed by atoms with Crippen LogP contribution in [-0.4, -0.2) is 33.0 Å². The first-order valence-electron chi connectivity index (χ1n) is 9.69. The van der Waals surface area contributed by atoms with E-state index in [1.165, 1.54) is 11.8 Å². The lowest BCUT2D eigenvalue weighted by atomic mass is 10.0. The summed E-state index contributed by atoms with van der Waals surface area (Å²) in [6.45, 7) is 4.01. The van der Waals surface area contributed by atoms with Crippen LogP contribution < -0.4 is 10.1 Å². The molecule has 0 bridgehead atoms. The summed E-state index contributed by atoms with van der Waals surface area (Å²) in [6, 6.07) is 17.7. The van der Waals surface area contributed by atoms with Gasteiger partial charge in [-0.3, -0.25) is 9.36 Å². The summed E-state index contributed by atoms with van der Waals surface area (Å²) in [6.07, 6.45) is 3.52. The van der Waals surface area contributed by atoms with Crippen molar-refractivity contribution in [3.05, 3.63) is 66.5 Å². The van der Waals surface area contributed by atoms with E-state index in [1.807, 2.05) is 54.0 Å². The van der Waals surface area contributed by atoms with E-state index in [2.05, 4.69) is 34.6 Å². The Labute approximate surface area is 175 Å². The van der Waals surface area contributed by atoms with Crippen molar-refractivity contribution in [1.82, 2.24) is 20.1 Å². The second-order valence-corrected chi connectivity index (χ2v) is 7.98. The third-order valence-electron chi connectivity index (χ3n) is 4.61. The Hall–Kier alpha value is -2.80. The molecular formula is C22H26N4O2S. The molecule has 2 atom stereocenters. The van der Waals surface area contributed by atoms with Gasteiger partial charge in [0, 0.05) is 0 Å². The van der Waals surface area contributed by atoms with Gasteiger partial charge in [-0.25, -0.2) is 0 Å². The minimum atomic E-state index is -0.323. The van der Waals surface area contributed by atoms with E-state index < -0.39 is 0 Å². The standard InChI is InChI=1S/C22H26N4O2S/c1-4-10-18(17-11-6-5-7-12-17)24-21(27)16(2)29-22-25-23-15-26(22)19-13-8-9-14-20(19)28-3/h5-9,11-16,18H,4,10H2,1-3H3,(H,24,27)/t16-,18-/m0/s1. The summed E-state index contributed by atoms with van der Waals surface area (Å²) in [5.74, 6) is 0.699. The third kappa shape index (κ3) is 5.17. The van der Waals surface area contributed by atoms with Crippen LogP contribution in [0, 0.1) is 0 Å². The van der Waals surface area contributed by atoms with E-state index in [0.717, 1.165) is 29.8 Å². The second kappa shape index (κ2) is 10.1. The molecule has 1 heterocycles. The van der Waals surface area contributed by atoms with Crippen LogP contribution in [0.4, 0.5) is 0 Å². The van der Waals surface area contributed by atoms with Gasteiger partial charge in [0.05, 0.1) is 24.1 Å². The van der Waals surface area contributed by atoms with Gasteiger partial charge in [-0.15, -0.1) is 10.2 Å². The number of ether oxygens (including phenoxy) is 1. The average Bonchev–Trinajstić information content (AvgIpc) is 3.21. The van der Waals surface area contributed by atoms with Gasteiger partial charge >= 0.3 is 0 Å². The summed E-state index contributed by atoms with van der Waals surface area (Å²) in [5.41, 5.74) is 1.96. The molecule has 1 N–H and O–H groups in total. The molecule has 7 heteroatoms. The van der Waals surface area contributed by atoms with Crippen molar-refractivity contribution in [3.63, 3.8) is 0 Å². The molecule has 0 fully saturated rings. The quantitative estimate of drug-likeness (QED) is 0.529. The lowest BCUT2D eigenvalue weighted by Crippen LogP contribution is -2.34. The van der Waals surface area contributed by atoms with Gasteiger partial charge in [0.25, 0.3) is 0 Å². The average molecular weight is 411 g/mol. The lowest BCUT2D eigenvalue weighted by molar-refractivity contribution is -0.121. The first-order valence-corrected chi connectivity index (χ1v) is 10.6. The summed E-state index contributed by atoms with van der Waals surface area (Å²) in [7, 11) is 1.63. The van der Waals surface area contributed by atoms with Crippen LogP contribution in [0.2, 0.25) is 0 Å². The number of carbonyl (C=O) groups is 1. The fourth-order valence-corrected chi connectivity index (χ4v) is 3.94. The summed E-state index contributed by atoms with van der Waals surface area (Å²) in [4.78, 5) is 12.9. The fraction of sp³-hybridized carbons (Fsp3) is 0.318. The Kier molecular flexibility index (Phi) is 7.30. The van der Waals surface area contributed by atoms with Crippen molar-refractivity contribution in [2.45, 2.75) is 43.1 Å². The zero-order chi connectivity index (χ0) is 20.6. The van der Waals surface area contributed by atoms with Crippen LogP contribution in [0.15, 0.2) is 66.1 Å². The molecule has 3 aromatic rings. The maximum absolute atomic E-state index is 12.9. The summed E-state index contributed by atoms with van der Waals surface area (Å²) in [5, 5.41) is 11.7. The molecule has 2 aromatic carbocycles. The van der Waals surface area contributed by atoms with Crippen molar-refractivity contribution in [3.8, 4) is 11.4 Å². The molecule has 0 spiro atoms. The fourth-order valence-electron chi connectivity index (χ4n) is 3.10. The molecule has 0 radical (unpaired) electrons. The number of thioether (sulfide) groups is 1. The minimum Gasteiger partial charge on any atom is -0.495 e. The molecule has 0 aliphatic carbocycles. The van der Waals surface area contributed by atoms with E-state index >= 15 is 0 Å². The number of methoxy groups -OCH3 is 1. The van der Waals surface area contributed by atoms with Crippen LogP contribution in [0.5, 0.6) is 5.75 Å². The van der Waals surface area contributed by atoms with Gasteiger partial charge < -0.3 is 10.1 Å². The maximum atomic E-state index is 12.9. The molecule has 0 unspecified atom stereocenters. The Balaban J connectivity index is 1.73. The van der Waals surface area contributed by atoms with E-state index in [4.69, 9.17) is 4.74 Å². The van der Waals surface area contributed by atoms with E-state index in [9.17, 15) is 4.79 Å². The predicted molar refractivity (Wildman–Crippen MR) is 115 cm³/mol. The molecule has 0 aliphatic rings. The molecule has 152 valence electrons. The number of hydrogen-bond donors (Lipinski definition) is 1. The molecule has 6 nitrogen and oxygen atoms in total. The number of nitrogens with zero attached hydrogens (tertiary/aromatic N) is 3. The maximum Gasteiger partial charge on any atom is 0.233 e. The van der Waals surface area contributed by atoms with Crippen LogP contribution >= 0.6 is 11.8 Å². The SMILES string of the molecule is CCC[C@H](NC(=O)[C@H](C)Sc1nncn1-c1ccccc1OC)c1ccccc1. The van der Waals surface area contributed by atoms with Crippen LogP contribution in [0.1, 0.15) is 38.3 Å². The highest BCUT2D eigenvalue weighted by Gasteiger charge is 2.22. The molecule has 1 amide bonds. The van der Waals surface area contributed by atoms with Crippen molar-refractivity contribution >= 4 is 17.7 Å². The molecule has 29 heavy (non-hydrogen) atoms. The Morgan fingerprint density at radius 2 is 1.90 bits per heavy atom. The van der Waals surface area contributed by atoms with E-state index in [1.54, 1.807) is 13.4 Å². The van der Waals surface area contributed by atoms with Crippen molar-refractivity contribution < 1.29 is 9.53 Å². The Morgan fingerprint density at radius 3 is 2.62 bits per heavy atom. The van der Waals surface area contributed by atoms with Crippen molar-refractivity contribution in [2.24, 2.45) is 0 Å². The van der Waals surface area contributed by atoms with Gasteiger partial charge in [0.2, 0.25) is 5.91 Å². The highest BCUT2D eigenvalue weighted by molar-refractivity contribution is 8.00. The largest absolute Gasteiger partial charge is 0.495 e. The van der Waals surface area contributed by atoms with Gasteiger partial charge in [-0.1, -0.05) is 67.6 Å². The zero-order valence-electron chi connectivity index (χ0n) is 16.9. The van der Waals surface area contributed by atoms with E-state index in [0.29, 0.717) is 5.16 Å². The number of carbonyl (C=O) groups excluding carboxylic acids is 1. The number of aromatic nitrogens is 3. The number of rotatable bonds is 9. The zero-order valence-corrected chi connectivity index (χ0v) is 17.7. The normalized spacial score (nSPS) is 12.9. The highest BCUT2D eigenvalue weighted by atomic mass is 32.2. The number of para-hydroxylation sites is 2. The highest BCUT2D eigenvalue weighted by Crippen LogP contribution is 2.29. The molecule has 1 aromatic heterocycles. The molecule has 0 saturated heterocycles. The number of hydrogen-bond acceptors (Lipinski definition) is 5. The number of benzene rings is 2. The van der Waals surface area contributed by atoms with Crippen LogP contribution in [-0.2, 0) is 4.79 Å². The number of amides is 1. The van der Waals surface area contributed by atoms with Crippen LogP contribution in [0.25, 0.3) is 5.69 Å². The third-order valence-corrected chi connectivity index (χ3v) is 5.67. The predicted octanol–water partition coefficient (Wildman–Crippen LogP) is 4.41. The molecule has 0 saturated carbocycles. The van der Waals surface area contributed by atoms with Gasteiger partial charge in [-0.05, 0) is 31.0 Å². The Bertz CT molecular complexity index is 929. The minimum absolute atomic E-state index is 0.00355. The molecular weight excluding hydrogens is 384 g/mol. The topological polar surface area (TPSA) is 69.0 Å². The summed E-state index contributed by atoms with van der Waals surface area (Å²) < 4.78 is 7.28. The van der Waals surface area contributed by atoms with E-state index in [-0.39, 0.29) is 17.2 Å². The van der Waals surface area contributed by atoms with Gasteiger partial charge in [0.15, 0.2) is 5.16 Å². The van der Waals surface area contributed by atoms with Gasteiger partial charge in [-0.2, -0.15) is 0 Å². The molecule has 0 aliphatic heterocycles. The number of nitrogens with one attached hydrogen (secondary N) is 1. The smallest absolute Gasteiger partial charge is 0.233 e. The summed E-state index contributed by atoms with van der Waals surface area (Å²) >= 11 is 1.38. The second-order valence-electron chi connectivity index (χ2n) is 6.68. The lowest BCUT2D eigenvalue weighted by Gasteiger charge is -2.21. The first-order chi connectivity index (χ1) is 14.1. The van der Waals surface area contributed by atoms with Gasteiger partial charge in [0.1, 0.15) is 12.1 Å². The van der Waals surface area contributed by atoms with Crippen molar-refractivity contribution in [2.75, 3.05) is 7.11 Å². The monoisotopic (exact) mass is 410 g/mol. The Morgan fingerprint density at radius 1 is 1.17 bits per heavy atom.